The maximum Gasteiger partial charge on any atom is 0.220 e. The molecule has 0 bridgehead atoms. The second kappa shape index (κ2) is 9.29. The molecule has 164 valence electrons. The molecule has 0 unspecified atom stereocenters. The fourth-order valence-electron chi connectivity index (χ4n) is 4.19. The zero-order valence-corrected chi connectivity index (χ0v) is 17.7. The maximum absolute atomic E-state index is 12.5. The molecular weight excluding hydrogens is 396 g/mol. The number of carbonyl (C=O) groups excluding carboxylic acids is 2. The van der Waals surface area contributed by atoms with E-state index in [-0.39, 0.29) is 17.9 Å². The van der Waals surface area contributed by atoms with Gasteiger partial charge in [-0.05, 0) is 49.1 Å². The molecule has 2 aliphatic rings. The average molecular weight is 424 g/mol. The van der Waals surface area contributed by atoms with Crippen molar-refractivity contribution in [2.24, 2.45) is 0 Å². The first kappa shape index (κ1) is 21.0. The molecule has 2 heterocycles. The zero-order valence-electron chi connectivity index (χ0n) is 17.7. The van der Waals surface area contributed by atoms with Crippen molar-refractivity contribution in [3.8, 4) is 17.2 Å². The molecule has 7 heteroatoms. The Morgan fingerprint density at radius 1 is 1.23 bits per heavy atom. The van der Waals surface area contributed by atoms with Crippen molar-refractivity contribution >= 4 is 11.8 Å². The number of ether oxygens (including phenoxy) is 3. The minimum absolute atomic E-state index is 0.0368. The van der Waals surface area contributed by atoms with Gasteiger partial charge in [-0.2, -0.15) is 0 Å². The Balaban J connectivity index is 1.30. The van der Waals surface area contributed by atoms with Crippen LogP contribution in [-0.2, 0) is 16.0 Å². The van der Waals surface area contributed by atoms with Crippen LogP contribution in [0.5, 0.6) is 17.2 Å². The summed E-state index contributed by atoms with van der Waals surface area (Å²) in [5.74, 6) is 2.18. The summed E-state index contributed by atoms with van der Waals surface area (Å²) in [5, 5.41) is 6.06. The third-order valence-corrected chi connectivity index (χ3v) is 5.84. The highest BCUT2D eigenvalue weighted by molar-refractivity contribution is 5.80. The van der Waals surface area contributed by atoms with Gasteiger partial charge in [0.1, 0.15) is 18.5 Å². The Morgan fingerprint density at radius 2 is 2.06 bits per heavy atom. The molecule has 0 aliphatic carbocycles. The van der Waals surface area contributed by atoms with Gasteiger partial charge in [-0.25, -0.2) is 0 Å². The van der Waals surface area contributed by atoms with Crippen LogP contribution in [0.2, 0.25) is 0 Å². The molecule has 0 aromatic heterocycles. The molecule has 0 saturated carbocycles. The Kier molecular flexibility index (Phi) is 6.30. The molecule has 2 aromatic carbocycles. The summed E-state index contributed by atoms with van der Waals surface area (Å²) in [6.45, 7) is 0.773. The molecule has 2 aromatic rings. The number of rotatable bonds is 8. The molecule has 2 amide bonds. The zero-order chi connectivity index (χ0) is 21.7. The second-order valence-electron chi connectivity index (χ2n) is 8.16. The van der Waals surface area contributed by atoms with Crippen LogP contribution >= 0.6 is 0 Å². The van der Waals surface area contributed by atoms with Crippen LogP contribution in [0.3, 0.4) is 0 Å². The molecular formula is C24H28N2O5. The third-order valence-electron chi connectivity index (χ3n) is 5.84. The van der Waals surface area contributed by atoms with Crippen LogP contribution < -0.4 is 24.8 Å². The number of para-hydroxylation sites is 2. The van der Waals surface area contributed by atoms with Gasteiger partial charge in [0.2, 0.25) is 11.8 Å². The lowest BCUT2D eigenvalue weighted by atomic mass is 9.85. The van der Waals surface area contributed by atoms with Crippen molar-refractivity contribution in [3.05, 3.63) is 54.1 Å². The minimum Gasteiger partial charge on any atom is -0.497 e. The maximum atomic E-state index is 12.5. The number of benzene rings is 2. The second-order valence-corrected chi connectivity index (χ2v) is 8.16. The molecule has 31 heavy (non-hydrogen) atoms. The smallest absolute Gasteiger partial charge is 0.220 e. The lowest BCUT2D eigenvalue weighted by Crippen LogP contribution is -2.45. The minimum atomic E-state index is -0.413. The number of hydrogen-bond acceptors (Lipinski definition) is 5. The lowest BCUT2D eigenvalue weighted by molar-refractivity contribution is -0.123. The first-order chi connectivity index (χ1) is 15.0. The number of hydrogen-bond donors (Lipinski definition) is 2. The van der Waals surface area contributed by atoms with Crippen molar-refractivity contribution in [1.82, 2.24) is 10.6 Å². The van der Waals surface area contributed by atoms with E-state index in [0.717, 1.165) is 17.1 Å². The summed E-state index contributed by atoms with van der Waals surface area (Å²) in [6.07, 6.45) is 2.54. The Bertz CT molecular complexity index is 947. The highest BCUT2D eigenvalue weighted by atomic mass is 16.6. The van der Waals surface area contributed by atoms with Crippen LogP contribution in [0.1, 0.15) is 31.2 Å². The standard InChI is InChI=1S/C24H28N2O5/c1-29-18-6-4-5-17(13-18)14-24(12-10-23(28)26-24)11-9-22(27)25-15-19-16-30-20-7-2-3-8-21(20)31-19/h2-8,13,19H,9-12,14-16H2,1H3,(H,25,27)(H,26,28)/t19-,24-/m1/s1. The Labute approximate surface area is 182 Å². The summed E-state index contributed by atoms with van der Waals surface area (Å²) < 4.78 is 16.9. The predicted molar refractivity (Wildman–Crippen MR) is 115 cm³/mol. The molecule has 7 nitrogen and oxygen atoms in total. The van der Waals surface area contributed by atoms with Crippen molar-refractivity contribution in [2.45, 2.75) is 43.7 Å². The molecule has 0 spiro atoms. The summed E-state index contributed by atoms with van der Waals surface area (Å²) in [6, 6.07) is 15.3. The average Bonchev–Trinajstić information content (AvgIpc) is 3.16. The normalized spacial score (nSPS) is 22.0. The van der Waals surface area contributed by atoms with Crippen molar-refractivity contribution in [1.29, 1.82) is 0 Å². The highest BCUT2D eigenvalue weighted by Crippen LogP contribution is 2.32. The quantitative estimate of drug-likeness (QED) is 0.680. The van der Waals surface area contributed by atoms with E-state index in [1.807, 2.05) is 48.5 Å². The van der Waals surface area contributed by atoms with E-state index in [1.54, 1.807) is 7.11 Å². The van der Waals surface area contributed by atoms with Gasteiger partial charge in [0, 0.05) is 18.4 Å². The van der Waals surface area contributed by atoms with E-state index < -0.39 is 5.54 Å². The largest absolute Gasteiger partial charge is 0.497 e. The molecule has 2 aliphatic heterocycles. The summed E-state index contributed by atoms with van der Waals surface area (Å²) >= 11 is 0. The summed E-state index contributed by atoms with van der Waals surface area (Å²) in [4.78, 5) is 24.5. The van der Waals surface area contributed by atoms with Crippen LogP contribution in [0, 0.1) is 0 Å². The monoisotopic (exact) mass is 424 g/mol. The van der Waals surface area contributed by atoms with Gasteiger partial charge in [0.15, 0.2) is 11.5 Å². The number of methoxy groups -OCH3 is 1. The third kappa shape index (κ3) is 5.29. The van der Waals surface area contributed by atoms with Gasteiger partial charge in [0.25, 0.3) is 0 Å². The lowest BCUT2D eigenvalue weighted by Gasteiger charge is -2.30. The van der Waals surface area contributed by atoms with E-state index in [2.05, 4.69) is 10.6 Å². The van der Waals surface area contributed by atoms with Crippen LogP contribution in [0.25, 0.3) is 0 Å². The van der Waals surface area contributed by atoms with E-state index in [0.29, 0.717) is 51.0 Å². The van der Waals surface area contributed by atoms with E-state index >= 15 is 0 Å². The predicted octanol–water partition coefficient (Wildman–Crippen LogP) is 2.62. The fraction of sp³-hybridized carbons (Fsp3) is 0.417. The Morgan fingerprint density at radius 3 is 2.84 bits per heavy atom. The molecule has 2 atom stereocenters. The molecule has 0 radical (unpaired) electrons. The molecule has 1 saturated heterocycles. The molecule has 2 N–H and O–H groups in total. The van der Waals surface area contributed by atoms with Crippen LogP contribution in [0.4, 0.5) is 0 Å². The fourth-order valence-corrected chi connectivity index (χ4v) is 4.19. The van der Waals surface area contributed by atoms with Gasteiger partial charge in [-0.1, -0.05) is 24.3 Å². The first-order valence-corrected chi connectivity index (χ1v) is 10.6. The number of fused-ring (bicyclic) bond motifs is 1. The van der Waals surface area contributed by atoms with E-state index in [9.17, 15) is 9.59 Å². The van der Waals surface area contributed by atoms with Gasteiger partial charge in [-0.3, -0.25) is 9.59 Å². The van der Waals surface area contributed by atoms with Crippen molar-refractivity contribution in [3.63, 3.8) is 0 Å². The molecule has 1 fully saturated rings. The summed E-state index contributed by atoms with van der Waals surface area (Å²) in [7, 11) is 1.64. The topological polar surface area (TPSA) is 85.9 Å². The first-order valence-electron chi connectivity index (χ1n) is 10.6. The van der Waals surface area contributed by atoms with Gasteiger partial charge in [-0.15, -0.1) is 0 Å². The van der Waals surface area contributed by atoms with E-state index in [1.165, 1.54) is 0 Å². The van der Waals surface area contributed by atoms with Gasteiger partial charge in [0.05, 0.1) is 13.7 Å². The van der Waals surface area contributed by atoms with Gasteiger partial charge >= 0.3 is 0 Å². The SMILES string of the molecule is COc1cccc(C[C@@]2(CCC(=O)NC[C@@H]3COc4ccccc4O3)CCC(=O)N2)c1. The van der Waals surface area contributed by atoms with Gasteiger partial charge < -0.3 is 24.8 Å². The Hall–Kier alpha value is -3.22. The highest BCUT2D eigenvalue weighted by Gasteiger charge is 2.38. The van der Waals surface area contributed by atoms with Crippen LogP contribution in [-0.4, -0.2) is 43.7 Å². The van der Waals surface area contributed by atoms with Crippen molar-refractivity contribution in [2.75, 3.05) is 20.3 Å². The number of amides is 2. The summed E-state index contributed by atoms with van der Waals surface area (Å²) in [5.41, 5.74) is 0.665. The molecule has 4 rings (SSSR count). The number of carbonyl (C=O) groups is 2. The van der Waals surface area contributed by atoms with Crippen LogP contribution in [0.15, 0.2) is 48.5 Å². The van der Waals surface area contributed by atoms with Crippen molar-refractivity contribution < 1.29 is 23.8 Å². The van der Waals surface area contributed by atoms with E-state index in [4.69, 9.17) is 14.2 Å². The number of nitrogens with one attached hydrogen (secondary N) is 2.